The van der Waals surface area contributed by atoms with E-state index >= 15 is 0 Å². The molecule has 0 radical (unpaired) electrons. The van der Waals surface area contributed by atoms with Crippen LogP contribution >= 0.6 is 0 Å². The van der Waals surface area contributed by atoms with E-state index in [2.05, 4.69) is 11.8 Å². The Morgan fingerprint density at radius 3 is 2.30 bits per heavy atom. The predicted molar refractivity (Wildman–Crippen MR) is 84.0 cm³/mol. The predicted octanol–water partition coefficient (Wildman–Crippen LogP) is 3.64. The SMILES string of the molecule is CCC#Cc1ccc(Oc2cc(C(=O)O)ccc2C(=O)O)cc1. The van der Waals surface area contributed by atoms with Crippen molar-refractivity contribution < 1.29 is 24.5 Å². The second-order valence-corrected chi connectivity index (χ2v) is 4.60. The molecule has 0 amide bonds. The van der Waals surface area contributed by atoms with Crippen LogP contribution in [0.2, 0.25) is 0 Å². The Labute approximate surface area is 133 Å². The average Bonchev–Trinajstić information content (AvgIpc) is 2.54. The largest absolute Gasteiger partial charge is 0.478 e. The van der Waals surface area contributed by atoms with Crippen LogP contribution in [0.25, 0.3) is 0 Å². The lowest BCUT2D eigenvalue weighted by Gasteiger charge is -2.09. The number of benzene rings is 2. The van der Waals surface area contributed by atoms with Gasteiger partial charge in [0, 0.05) is 12.0 Å². The zero-order chi connectivity index (χ0) is 16.8. The van der Waals surface area contributed by atoms with Crippen molar-refractivity contribution >= 4 is 11.9 Å². The average molecular weight is 310 g/mol. The summed E-state index contributed by atoms with van der Waals surface area (Å²) in [4.78, 5) is 22.2. The summed E-state index contributed by atoms with van der Waals surface area (Å²) >= 11 is 0. The van der Waals surface area contributed by atoms with Gasteiger partial charge in [0.05, 0.1) is 5.56 Å². The highest BCUT2D eigenvalue weighted by molar-refractivity contribution is 5.94. The van der Waals surface area contributed by atoms with Gasteiger partial charge in [-0.3, -0.25) is 0 Å². The van der Waals surface area contributed by atoms with Crippen molar-refractivity contribution in [2.75, 3.05) is 0 Å². The molecule has 23 heavy (non-hydrogen) atoms. The molecule has 5 heteroatoms. The zero-order valence-electron chi connectivity index (χ0n) is 12.4. The number of hydrogen-bond donors (Lipinski definition) is 2. The summed E-state index contributed by atoms with van der Waals surface area (Å²) in [6.45, 7) is 1.95. The Morgan fingerprint density at radius 1 is 1.04 bits per heavy atom. The first-order valence-electron chi connectivity index (χ1n) is 6.88. The Morgan fingerprint density at radius 2 is 1.74 bits per heavy atom. The monoisotopic (exact) mass is 310 g/mol. The third-order valence-electron chi connectivity index (χ3n) is 2.95. The fourth-order valence-electron chi connectivity index (χ4n) is 1.84. The lowest BCUT2D eigenvalue weighted by molar-refractivity contribution is 0.0678. The fraction of sp³-hybridized carbons (Fsp3) is 0.111. The molecule has 0 saturated heterocycles. The van der Waals surface area contributed by atoms with Gasteiger partial charge < -0.3 is 14.9 Å². The molecule has 0 aliphatic rings. The van der Waals surface area contributed by atoms with Crippen molar-refractivity contribution in [2.45, 2.75) is 13.3 Å². The van der Waals surface area contributed by atoms with Crippen LogP contribution in [0.3, 0.4) is 0 Å². The van der Waals surface area contributed by atoms with Gasteiger partial charge in [-0.2, -0.15) is 0 Å². The molecule has 0 fully saturated rings. The highest BCUT2D eigenvalue weighted by atomic mass is 16.5. The van der Waals surface area contributed by atoms with Gasteiger partial charge in [0.2, 0.25) is 0 Å². The minimum Gasteiger partial charge on any atom is -0.478 e. The van der Waals surface area contributed by atoms with E-state index in [4.69, 9.17) is 14.9 Å². The van der Waals surface area contributed by atoms with E-state index < -0.39 is 11.9 Å². The molecule has 0 bridgehead atoms. The van der Waals surface area contributed by atoms with Gasteiger partial charge in [0.1, 0.15) is 17.1 Å². The molecule has 0 aliphatic carbocycles. The second-order valence-electron chi connectivity index (χ2n) is 4.60. The molecular weight excluding hydrogens is 296 g/mol. The quantitative estimate of drug-likeness (QED) is 0.842. The highest BCUT2D eigenvalue weighted by Gasteiger charge is 2.15. The Hall–Kier alpha value is -3.26. The van der Waals surface area contributed by atoms with Gasteiger partial charge in [-0.15, -0.1) is 0 Å². The van der Waals surface area contributed by atoms with Crippen LogP contribution in [-0.4, -0.2) is 22.2 Å². The summed E-state index contributed by atoms with van der Waals surface area (Å²) in [7, 11) is 0. The minimum absolute atomic E-state index is 0.0233. The molecule has 0 heterocycles. The van der Waals surface area contributed by atoms with Gasteiger partial charge in [0.25, 0.3) is 0 Å². The second kappa shape index (κ2) is 7.14. The van der Waals surface area contributed by atoms with Crippen molar-refractivity contribution in [3.8, 4) is 23.3 Å². The van der Waals surface area contributed by atoms with E-state index in [1.807, 2.05) is 6.92 Å². The summed E-state index contributed by atoms with van der Waals surface area (Å²) in [6, 6.07) is 10.4. The Bertz CT molecular complexity index is 794. The summed E-state index contributed by atoms with van der Waals surface area (Å²) in [6.07, 6.45) is 0.752. The molecule has 2 aromatic rings. The Balaban J connectivity index is 2.32. The summed E-state index contributed by atoms with van der Waals surface area (Å²) in [5.41, 5.74) is 0.664. The molecule has 0 aromatic heterocycles. The van der Waals surface area contributed by atoms with Crippen LogP contribution in [0.5, 0.6) is 11.5 Å². The summed E-state index contributed by atoms with van der Waals surface area (Å²) < 4.78 is 5.53. The molecule has 0 unspecified atom stereocenters. The minimum atomic E-state index is -1.19. The van der Waals surface area contributed by atoms with E-state index in [9.17, 15) is 9.59 Å². The van der Waals surface area contributed by atoms with Gasteiger partial charge in [-0.25, -0.2) is 9.59 Å². The topological polar surface area (TPSA) is 83.8 Å². The zero-order valence-corrected chi connectivity index (χ0v) is 12.4. The first kappa shape index (κ1) is 16.1. The van der Waals surface area contributed by atoms with E-state index in [0.717, 1.165) is 12.0 Å². The van der Waals surface area contributed by atoms with Crippen LogP contribution in [-0.2, 0) is 0 Å². The van der Waals surface area contributed by atoms with Crippen LogP contribution in [0.4, 0.5) is 0 Å². The number of rotatable bonds is 4. The molecule has 2 rings (SSSR count). The van der Waals surface area contributed by atoms with E-state index in [0.29, 0.717) is 5.75 Å². The lowest BCUT2D eigenvalue weighted by Crippen LogP contribution is -2.03. The van der Waals surface area contributed by atoms with Crippen LogP contribution in [0, 0.1) is 11.8 Å². The lowest BCUT2D eigenvalue weighted by atomic mass is 10.1. The van der Waals surface area contributed by atoms with Crippen molar-refractivity contribution in [1.82, 2.24) is 0 Å². The highest BCUT2D eigenvalue weighted by Crippen LogP contribution is 2.27. The van der Waals surface area contributed by atoms with Crippen molar-refractivity contribution in [3.63, 3.8) is 0 Å². The van der Waals surface area contributed by atoms with Crippen molar-refractivity contribution in [2.24, 2.45) is 0 Å². The van der Waals surface area contributed by atoms with E-state index in [1.165, 1.54) is 18.2 Å². The van der Waals surface area contributed by atoms with Gasteiger partial charge in [-0.1, -0.05) is 18.8 Å². The molecule has 0 aliphatic heterocycles. The van der Waals surface area contributed by atoms with Crippen LogP contribution in [0.1, 0.15) is 39.6 Å². The number of ether oxygens (including phenoxy) is 1. The first-order chi connectivity index (χ1) is 11.0. The molecule has 0 saturated carbocycles. The normalized spacial score (nSPS) is 9.61. The van der Waals surface area contributed by atoms with Gasteiger partial charge in [-0.05, 0) is 42.5 Å². The molecule has 116 valence electrons. The molecule has 2 N–H and O–H groups in total. The maximum atomic E-state index is 11.2. The summed E-state index contributed by atoms with van der Waals surface area (Å²) in [5, 5.41) is 18.2. The molecule has 2 aromatic carbocycles. The van der Waals surface area contributed by atoms with Crippen LogP contribution in [0.15, 0.2) is 42.5 Å². The number of carbonyl (C=O) groups is 2. The standard InChI is InChI=1S/C18H14O5/c1-2-3-4-12-5-8-14(9-6-12)23-16-11-13(17(19)20)7-10-15(16)18(21)22/h5-11H,2H2,1H3,(H,19,20)(H,21,22). The number of aromatic carboxylic acids is 2. The molecule has 0 spiro atoms. The number of hydrogen-bond acceptors (Lipinski definition) is 3. The van der Waals surface area contributed by atoms with Crippen molar-refractivity contribution in [1.29, 1.82) is 0 Å². The van der Waals surface area contributed by atoms with Gasteiger partial charge >= 0.3 is 11.9 Å². The number of carboxylic acid groups (broad SMARTS) is 2. The van der Waals surface area contributed by atoms with Crippen LogP contribution < -0.4 is 4.74 Å². The fourth-order valence-corrected chi connectivity index (χ4v) is 1.84. The van der Waals surface area contributed by atoms with E-state index in [-0.39, 0.29) is 16.9 Å². The maximum Gasteiger partial charge on any atom is 0.339 e. The van der Waals surface area contributed by atoms with Gasteiger partial charge in [0.15, 0.2) is 0 Å². The molecule has 5 nitrogen and oxygen atoms in total. The number of carboxylic acids is 2. The molecule has 0 atom stereocenters. The van der Waals surface area contributed by atoms with E-state index in [1.54, 1.807) is 24.3 Å². The third kappa shape index (κ3) is 4.11. The third-order valence-corrected chi connectivity index (χ3v) is 2.95. The maximum absolute atomic E-state index is 11.2. The first-order valence-corrected chi connectivity index (χ1v) is 6.88. The Kier molecular flexibility index (Phi) is 5.00. The van der Waals surface area contributed by atoms with Crippen molar-refractivity contribution in [3.05, 3.63) is 59.2 Å². The smallest absolute Gasteiger partial charge is 0.339 e. The summed E-state index contributed by atoms with van der Waals surface area (Å²) in [5.74, 6) is 3.93. The molecular formula is C18H14O5.